The van der Waals surface area contributed by atoms with Crippen LogP contribution in [0.3, 0.4) is 0 Å². The molecule has 1 aromatic rings. The van der Waals surface area contributed by atoms with E-state index < -0.39 is 11.7 Å². The van der Waals surface area contributed by atoms with Crippen LogP contribution in [-0.4, -0.2) is 29.2 Å². The highest BCUT2D eigenvalue weighted by molar-refractivity contribution is 6.31. The average Bonchev–Trinajstić information content (AvgIpc) is 2.13. The number of alkyl halides is 3. The summed E-state index contributed by atoms with van der Waals surface area (Å²) in [5, 5.41) is 8.80. The molecule has 0 radical (unpaired) electrons. The quantitative estimate of drug-likeness (QED) is 0.888. The first-order valence-corrected chi connectivity index (χ1v) is 5.50. The van der Waals surface area contributed by atoms with Gasteiger partial charge in [-0.2, -0.15) is 13.2 Å². The van der Waals surface area contributed by atoms with Gasteiger partial charge in [-0.15, -0.1) is 0 Å². The third-order valence-electron chi connectivity index (χ3n) is 2.68. The fourth-order valence-corrected chi connectivity index (χ4v) is 2.13. The molecule has 6 heteroatoms. The second-order valence-corrected chi connectivity index (χ2v) is 4.57. The van der Waals surface area contributed by atoms with E-state index in [0.29, 0.717) is 19.6 Å². The van der Waals surface area contributed by atoms with Gasteiger partial charge in [-0.1, -0.05) is 17.7 Å². The molecule has 1 aromatic carbocycles. The van der Waals surface area contributed by atoms with Crippen molar-refractivity contribution in [2.75, 3.05) is 13.1 Å². The topological polar surface area (TPSA) is 23.5 Å². The van der Waals surface area contributed by atoms with Gasteiger partial charge >= 0.3 is 6.18 Å². The third kappa shape index (κ3) is 2.91. The van der Waals surface area contributed by atoms with Crippen molar-refractivity contribution >= 4 is 11.6 Å². The molecule has 1 saturated heterocycles. The first-order chi connectivity index (χ1) is 7.86. The Hall–Kier alpha value is -0.780. The molecule has 0 spiro atoms. The third-order valence-corrected chi connectivity index (χ3v) is 3.00. The number of rotatable bonds is 2. The molecule has 0 unspecified atom stereocenters. The van der Waals surface area contributed by atoms with E-state index in [1.807, 2.05) is 4.90 Å². The van der Waals surface area contributed by atoms with Crippen molar-refractivity contribution < 1.29 is 18.3 Å². The Bertz CT molecular complexity index is 416. The van der Waals surface area contributed by atoms with E-state index in [-0.39, 0.29) is 11.1 Å². The molecule has 1 aliphatic rings. The summed E-state index contributed by atoms with van der Waals surface area (Å²) >= 11 is 5.60. The summed E-state index contributed by atoms with van der Waals surface area (Å²) in [7, 11) is 0. The molecule has 1 aliphatic heterocycles. The van der Waals surface area contributed by atoms with Crippen molar-refractivity contribution in [3.05, 3.63) is 34.3 Å². The molecular weight excluding hydrogens is 255 g/mol. The SMILES string of the molecule is OC1CN(Cc2ccc(C(F)(F)F)c(Cl)c2)C1. The predicted molar refractivity (Wildman–Crippen MR) is 57.7 cm³/mol. The van der Waals surface area contributed by atoms with Gasteiger partial charge in [0.15, 0.2) is 0 Å². The molecule has 0 saturated carbocycles. The highest BCUT2D eigenvalue weighted by Gasteiger charge is 2.33. The van der Waals surface area contributed by atoms with Gasteiger partial charge in [-0.05, 0) is 17.7 Å². The number of halogens is 4. The normalized spacial score (nSPS) is 18.2. The minimum absolute atomic E-state index is 0.281. The summed E-state index contributed by atoms with van der Waals surface area (Å²) in [5.41, 5.74) is -0.0959. The van der Waals surface area contributed by atoms with E-state index >= 15 is 0 Å². The highest BCUT2D eigenvalue weighted by atomic mass is 35.5. The average molecular weight is 266 g/mol. The maximum atomic E-state index is 12.4. The van der Waals surface area contributed by atoms with Crippen LogP contribution < -0.4 is 0 Å². The Morgan fingerprint density at radius 1 is 1.35 bits per heavy atom. The van der Waals surface area contributed by atoms with Crippen LogP contribution >= 0.6 is 11.6 Å². The Morgan fingerprint density at radius 2 is 2.00 bits per heavy atom. The van der Waals surface area contributed by atoms with Crippen LogP contribution in [0, 0.1) is 0 Å². The number of likely N-dealkylation sites (tertiary alicyclic amines) is 1. The summed E-state index contributed by atoms with van der Waals surface area (Å²) in [6.45, 7) is 1.62. The van der Waals surface area contributed by atoms with Crippen LogP contribution in [0.2, 0.25) is 5.02 Å². The molecular formula is C11H11ClF3NO. The van der Waals surface area contributed by atoms with Gasteiger partial charge in [0.05, 0.1) is 16.7 Å². The summed E-state index contributed by atoms with van der Waals surface area (Å²) < 4.78 is 37.3. The summed E-state index contributed by atoms with van der Waals surface area (Å²) in [6, 6.07) is 3.74. The zero-order valence-electron chi connectivity index (χ0n) is 8.84. The molecule has 2 nitrogen and oxygen atoms in total. The van der Waals surface area contributed by atoms with Crippen LogP contribution in [0.15, 0.2) is 18.2 Å². The number of hydrogen-bond donors (Lipinski definition) is 1. The van der Waals surface area contributed by atoms with Gasteiger partial charge in [-0.25, -0.2) is 0 Å². The van der Waals surface area contributed by atoms with Gasteiger partial charge in [0.1, 0.15) is 0 Å². The van der Waals surface area contributed by atoms with E-state index in [1.165, 1.54) is 12.1 Å². The van der Waals surface area contributed by atoms with Crippen LogP contribution in [0.5, 0.6) is 0 Å². The molecule has 94 valence electrons. The molecule has 0 aromatic heterocycles. The van der Waals surface area contributed by atoms with Crippen molar-refractivity contribution in [2.45, 2.75) is 18.8 Å². The second kappa shape index (κ2) is 4.48. The number of hydrogen-bond acceptors (Lipinski definition) is 2. The molecule has 1 heterocycles. The molecule has 0 aliphatic carbocycles. The Morgan fingerprint density at radius 3 is 2.47 bits per heavy atom. The predicted octanol–water partition coefficient (Wildman–Crippen LogP) is 2.54. The van der Waals surface area contributed by atoms with Gasteiger partial charge < -0.3 is 5.11 Å². The molecule has 17 heavy (non-hydrogen) atoms. The number of benzene rings is 1. The molecule has 1 N–H and O–H groups in total. The lowest BCUT2D eigenvalue weighted by molar-refractivity contribution is -0.137. The van der Waals surface area contributed by atoms with Crippen molar-refractivity contribution in [1.82, 2.24) is 4.90 Å². The van der Waals surface area contributed by atoms with Crippen LogP contribution in [0.25, 0.3) is 0 Å². The largest absolute Gasteiger partial charge is 0.417 e. The van der Waals surface area contributed by atoms with Crippen LogP contribution in [0.4, 0.5) is 13.2 Å². The van der Waals surface area contributed by atoms with Crippen molar-refractivity contribution in [3.63, 3.8) is 0 Å². The smallest absolute Gasteiger partial charge is 0.390 e. The summed E-state index contributed by atoms with van der Waals surface area (Å²) in [4.78, 5) is 1.93. The molecule has 2 rings (SSSR count). The van der Waals surface area contributed by atoms with E-state index in [4.69, 9.17) is 16.7 Å². The number of β-amino-alcohol motifs (C(OH)–C–C–N with tert-alkyl or cyclic N) is 1. The molecule has 0 bridgehead atoms. The number of nitrogens with zero attached hydrogens (tertiary/aromatic N) is 1. The summed E-state index contributed by atoms with van der Waals surface area (Å²) in [6.07, 6.45) is -4.73. The number of aliphatic hydroxyl groups is 1. The monoisotopic (exact) mass is 265 g/mol. The fraction of sp³-hybridized carbons (Fsp3) is 0.455. The lowest BCUT2D eigenvalue weighted by Crippen LogP contribution is -2.49. The Kier molecular flexibility index (Phi) is 3.34. The highest BCUT2D eigenvalue weighted by Crippen LogP contribution is 2.35. The van der Waals surface area contributed by atoms with Crippen molar-refractivity contribution in [2.24, 2.45) is 0 Å². The van der Waals surface area contributed by atoms with Crippen LogP contribution in [0.1, 0.15) is 11.1 Å². The second-order valence-electron chi connectivity index (χ2n) is 4.16. The zero-order valence-corrected chi connectivity index (χ0v) is 9.59. The standard InChI is InChI=1S/C11H11ClF3NO/c12-10-3-7(4-16-5-8(17)6-16)1-2-9(10)11(13,14)15/h1-3,8,17H,4-6H2. The first kappa shape index (κ1) is 12.7. The maximum absolute atomic E-state index is 12.4. The van der Waals surface area contributed by atoms with Gasteiger partial charge in [-0.3, -0.25) is 4.90 Å². The zero-order chi connectivity index (χ0) is 12.6. The minimum Gasteiger partial charge on any atom is -0.390 e. The van der Waals surface area contributed by atoms with E-state index in [9.17, 15) is 13.2 Å². The van der Waals surface area contributed by atoms with Crippen molar-refractivity contribution in [1.29, 1.82) is 0 Å². The van der Waals surface area contributed by atoms with E-state index in [2.05, 4.69) is 0 Å². The lowest BCUT2D eigenvalue weighted by atomic mass is 10.1. The van der Waals surface area contributed by atoms with Gasteiger partial charge in [0, 0.05) is 19.6 Å². The molecule has 1 fully saturated rings. The minimum atomic E-state index is -4.41. The number of aliphatic hydroxyl groups excluding tert-OH is 1. The van der Waals surface area contributed by atoms with E-state index in [1.54, 1.807) is 0 Å². The van der Waals surface area contributed by atoms with Gasteiger partial charge in [0.2, 0.25) is 0 Å². The fourth-order valence-electron chi connectivity index (χ4n) is 1.82. The van der Waals surface area contributed by atoms with E-state index in [0.717, 1.165) is 11.6 Å². The Labute approximate surface area is 102 Å². The molecule has 0 amide bonds. The van der Waals surface area contributed by atoms with Gasteiger partial charge in [0.25, 0.3) is 0 Å². The first-order valence-electron chi connectivity index (χ1n) is 5.12. The van der Waals surface area contributed by atoms with Crippen LogP contribution in [-0.2, 0) is 12.7 Å². The summed E-state index contributed by atoms with van der Waals surface area (Å²) in [5.74, 6) is 0. The maximum Gasteiger partial charge on any atom is 0.417 e. The lowest BCUT2D eigenvalue weighted by Gasteiger charge is -2.35. The Balaban J connectivity index is 2.09. The molecule has 0 atom stereocenters. The van der Waals surface area contributed by atoms with Crippen molar-refractivity contribution in [3.8, 4) is 0 Å².